The van der Waals surface area contributed by atoms with Crippen LogP contribution in [0.1, 0.15) is 17.3 Å². The van der Waals surface area contributed by atoms with Crippen molar-refractivity contribution in [2.45, 2.75) is 13.1 Å². The lowest BCUT2D eigenvalue weighted by molar-refractivity contribution is -0.138. The zero-order valence-corrected chi connectivity index (χ0v) is 10.6. The highest BCUT2D eigenvalue weighted by molar-refractivity contribution is 5.95. The average molecular weight is 276 g/mol. The van der Waals surface area contributed by atoms with Gasteiger partial charge in [-0.05, 0) is 19.1 Å². The Hall–Kier alpha value is -1.92. The van der Waals surface area contributed by atoms with Gasteiger partial charge in [0.1, 0.15) is 12.3 Å². The second-order valence-corrected chi connectivity index (χ2v) is 4.00. The third-order valence-electron chi connectivity index (χ3n) is 2.25. The molecule has 0 unspecified atom stereocenters. The molecule has 0 atom stereocenters. The maximum absolute atomic E-state index is 12.2. The Morgan fingerprint density at radius 1 is 1.37 bits per heavy atom. The van der Waals surface area contributed by atoms with Crippen LogP contribution in [-0.4, -0.2) is 37.2 Å². The van der Waals surface area contributed by atoms with E-state index in [2.05, 4.69) is 0 Å². The molecule has 0 aromatic heterocycles. The number of halogens is 3. The van der Waals surface area contributed by atoms with E-state index in [-0.39, 0.29) is 11.3 Å². The average Bonchev–Trinajstić information content (AvgIpc) is 2.25. The van der Waals surface area contributed by atoms with E-state index >= 15 is 0 Å². The first-order valence-electron chi connectivity index (χ1n) is 5.58. The van der Waals surface area contributed by atoms with E-state index in [0.29, 0.717) is 17.3 Å². The van der Waals surface area contributed by atoms with Gasteiger partial charge in [0.2, 0.25) is 0 Å². The van der Waals surface area contributed by atoms with E-state index < -0.39 is 18.6 Å². The van der Waals surface area contributed by atoms with Crippen LogP contribution < -0.4 is 10.5 Å². The Labute approximate surface area is 108 Å². The van der Waals surface area contributed by atoms with E-state index in [1.165, 1.54) is 18.2 Å². The molecular weight excluding hydrogens is 261 g/mol. The normalized spacial score (nSPS) is 11.2. The van der Waals surface area contributed by atoms with Gasteiger partial charge in [-0.2, -0.15) is 13.2 Å². The fraction of sp³-hybridized carbons (Fsp3) is 0.417. The minimum absolute atomic E-state index is 0.0650. The maximum Gasteiger partial charge on any atom is 0.406 e. The van der Waals surface area contributed by atoms with Gasteiger partial charge in [0, 0.05) is 24.4 Å². The second kappa shape index (κ2) is 5.81. The molecule has 0 heterocycles. The summed E-state index contributed by atoms with van der Waals surface area (Å²) in [5.74, 6) is -0.406. The number of rotatable bonds is 4. The molecule has 0 aliphatic rings. The molecule has 0 fully saturated rings. The van der Waals surface area contributed by atoms with Gasteiger partial charge in [-0.25, -0.2) is 0 Å². The van der Waals surface area contributed by atoms with Gasteiger partial charge in [0.05, 0.1) is 6.61 Å². The summed E-state index contributed by atoms with van der Waals surface area (Å²) in [6.07, 6.45) is -4.44. The fourth-order valence-corrected chi connectivity index (χ4v) is 1.56. The van der Waals surface area contributed by atoms with E-state index in [1.807, 2.05) is 0 Å². The van der Waals surface area contributed by atoms with Gasteiger partial charge in [0.25, 0.3) is 5.91 Å². The highest BCUT2D eigenvalue weighted by atomic mass is 19.4. The molecule has 0 aliphatic carbocycles. The molecule has 1 aromatic rings. The molecule has 0 spiro atoms. The molecule has 1 amide bonds. The van der Waals surface area contributed by atoms with Crippen molar-refractivity contribution in [2.24, 2.45) is 0 Å². The van der Waals surface area contributed by atoms with Crippen molar-refractivity contribution in [1.82, 2.24) is 4.90 Å². The Morgan fingerprint density at radius 3 is 2.53 bits per heavy atom. The molecule has 0 saturated heterocycles. The summed E-state index contributed by atoms with van der Waals surface area (Å²) in [6.45, 7) is 0.806. The number of nitrogens with two attached hydrogens (primary N) is 1. The van der Waals surface area contributed by atoms with Crippen molar-refractivity contribution in [3.63, 3.8) is 0 Å². The third-order valence-corrected chi connectivity index (χ3v) is 2.25. The maximum atomic E-state index is 12.2. The van der Waals surface area contributed by atoms with Gasteiger partial charge < -0.3 is 15.4 Å². The zero-order valence-electron chi connectivity index (χ0n) is 10.6. The number of anilines is 1. The monoisotopic (exact) mass is 276 g/mol. The topological polar surface area (TPSA) is 55.6 Å². The number of alkyl halides is 3. The van der Waals surface area contributed by atoms with Gasteiger partial charge in [-0.1, -0.05) is 0 Å². The number of carbonyl (C=O) groups is 1. The van der Waals surface area contributed by atoms with Gasteiger partial charge in [-0.3, -0.25) is 4.79 Å². The van der Waals surface area contributed by atoms with Crippen LogP contribution >= 0.6 is 0 Å². The molecule has 0 bridgehead atoms. The van der Waals surface area contributed by atoms with Crippen molar-refractivity contribution in [2.75, 3.05) is 25.9 Å². The summed E-state index contributed by atoms with van der Waals surface area (Å²) in [7, 11) is 1.08. The molecule has 1 aromatic carbocycles. The lowest BCUT2D eigenvalue weighted by Crippen LogP contribution is -2.35. The SMILES string of the molecule is CCOc1cc(N)cc(C(=O)N(C)CC(F)(F)F)c1. The second-order valence-electron chi connectivity index (χ2n) is 4.00. The third kappa shape index (κ3) is 4.69. The minimum atomic E-state index is -4.44. The molecule has 7 heteroatoms. The number of ether oxygens (including phenoxy) is 1. The van der Waals surface area contributed by atoms with E-state index in [9.17, 15) is 18.0 Å². The number of hydrogen-bond donors (Lipinski definition) is 1. The smallest absolute Gasteiger partial charge is 0.406 e. The van der Waals surface area contributed by atoms with Crippen LogP contribution in [0.2, 0.25) is 0 Å². The number of nitrogen functional groups attached to an aromatic ring is 1. The molecular formula is C12H15F3N2O2. The quantitative estimate of drug-likeness (QED) is 0.858. The number of nitrogens with zero attached hydrogens (tertiary/aromatic N) is 1. The molecule has 2 N–H and O–H groups in total. The summed E-state index contributed by atoms with van der Waals surface area (Å²) in [5, 5.41) is 0. The van der Waals surface area contributed by atoms with Crippen molar-refractivity contribution in [3.05, 3.63) is 23.8 Å². The summed E-state index contributed by atoms with van der Waals surface area (Å²) in [4.78, 5) is 12.4. The van der Waals surface area contributed by atoms with Gasteiger partial charge in [0.15, 0.2) is 0 Å². The summed E-state index contributed by atoms with van der Waals surface area (Å²) in [5.41, 5.74) is 5.91. The predicted molar refractivity (Wildman–Crippen MR) is 65.0 cm³/mol. The van der Waals surface area contributed by atoms with E-state index in [1.54, 1.807) is 6.92 Å². The molecule has 0 aliphatic heterocycles. The van der Waals surface area contributed by atoms with Crippen molar-refractivity contribution < 1.29 is 22.7 Å². The van der Waals surface area contributed by atoms with Gasteiger partial charge >= 0.3 is 6.18 Å². The highest BCUT2D eigenvalue weighted by Gasteiger charge is 2.31. The van der Waals surface area contributed by atoms with E-state index in [0.717, 1.165) is 7.05 Å². The molecule has 106 valence electrons. The van der Waals surface area contributed by atoms with Crippen molar-refractivity contribution >= 4 is 11.6 Å². The van der Waals surface area contributed by atoms with Crippen LogP contribution in [0, 0.1) is 0 Å². The highest BCUT2D eigenvalue weighted by Crippen LogP contribution is 2.22. The summed E-state index contributed by atoms with van der Waals surface area (Å²) >= 11 is 0. The van der Waals surface area contributed by atoms with Crippen LogP contribution in [0.15, 0.2) is 18.2 Å². The Kier molecular flexibility index (Phi) is 4.63. The lowest BCUT2D eigenvalue weighted by Gasteiger charge is -2.19. The number of benzene rings is 1. The molecule has 0 saturated carbocycles. The van der Waals surface area contributed by atoms with Crippen molar-refractivity contribution in [3.8, 4) is 5.75 Å². The number of hydrogen-bond acceptors (Lipinski definition) is 3. The fourth-order valence-electron chi connectivity index (χ4n) is 1.56. The molecule has 19 heavy (non-hydrogen) atoms. The van der Waals surface area contributed by atoms with Crippen LogP contribution in [0.5, 0.6) is 5.75 Å². The van der Waals surface area contributed by atoms with Crippen LogP contribution in [0.4, 0.5) is 18.9 Å². The van der Waals surface area contributed by atoms with Crippen LogP contribution in [-0.2, 0) is 0 Å². The van der Waals surface area contributed by atoms with Crippen molar-refractivity contribution in [1.29, 1.82) is 0 Å². The largest absolute Gasteiger partial charge is 0.494 e. The standard InChI is InChI=1S/C12H15F3N2O2/c1-3-19-10-5-8(4-9(16)6-10)11(18)17(2)7-12(13,14)15/h4-6H,3,7,16H2,1-2H3. The number of carbonyl (C=O) groups excluding carboxylic acids is 1. The lowest BCUT2D eigenvalue weighted by atomic mass is 10.1. The predicted octanol–water partition coefficient (Wildman–Crippen LogP) is 2.30. The molecule has 4 nitrogen and oxygen atoms in total. The summed E-state index contributed by atoms with van der Waals surface area (Å²) in [6, 6.07) is 4.19. The minimum Gasteiger partial charge on any atom is -0.494 e. The first-order chi connectivity index (χ1) is 8.73. The van der Waals surface area contributed by atoms with Crippen LogP contribution in [0.3, 0.4) is 0 Å². The Morgan fingerprint density at radius 2 is 2.00 bits per heavy atom. The molecule has 0 radical (unpaired) electrons. The Balaban J connectivity index is 2.92. The van der Waals surface area contributed by atoms with Crippen LogP contribution in [0.25, 0.3) is 0 Å². The Bertz CT molecular complexity index is 461. The van der Waals surface area contributed by atoms with Gasteiger partial charge in [-0.15, -0.1) is 0 Å². The first kappa shape index (κ1) is 15.1. The van der Waals surface area contributed by atoms with E-state index in [4.69, 9.17) is 10.5 Å². The first-order valence-corrected chi connectivity index (χ1v) is 5.58. The molecule has 1 rings (SSSR count). The zero-order chi connectivity index (χ0) is 14.6. The summed E-state index contributed by atoms with van der Waals surface area (Å²) < 4.78 is 41.8. The number of amides is 1.